The minimum Gasteiger partial charge on any atom is -0.452 e. The van der Waals surface area contributed by atoms with Gasteiger partial charge in [0.05, 0.1) is 28.1 Å². The lowest BCUT2D eigenvalue weighted by atomic mass is 9.98. The number of halogens is 1. The van der Waals surface area contributed by atoms with E-state index in [9.17, 15) is 4.79 Å². The van der Waals surface area contributed by atoms with Crippen molar-refractivity contribution < 1.29 is 9.53 Å². The van der Waals surface area contributed by atoms with Crippen LogP contribution in [0.5, 0.6) is 0 Å². The smallest absolute Gasteiger partial charge is 0.418 e. The summed E-state index contributed by atoms with van der Waals surface area (Å²) in [6, 6.07) is 12.2. The Kier molecular flexibility index (Phi) is 3.75. The SMILES string of the molecule is COC(=O)n1c2c(c3ccccc31)CCNC2c1ccc(Br)s1. The number of ether oxygens (including phenoxy) is 1. The number of methoxy groups -OCH3 is 1. The van der Waals surface area contributed by atoms with Crippen molar-refractivity contribution in [3.63, 3.8) is 0 Å². The second kappa shape index (κ2) is 5.78. The minimum atomic E-state index is -0.341. The van der Waals surface area contributed by atoms with E-state index in [1.54, 1.807) is 15.9 Å². The number of carbonyl (C=O) groups excluding carboxylic acids is 1. The van der Waals surface area contributed by atoms with Gasteiger partial charge in [0.1, 0.15) is 0 Å². The Morgan fingerprint density at radius 3 is 2.91 bits per heavy atom. The molecule has 23 heavy (non-hydrogen) atoms. The molecule has 0 aliphatic carbocycles. The van der Waals surface area contributed by atoms with Crippen LogP contribution in [0.1, 0.15) is 22.2 Å². The van der Waals surface area contributed by atoms with Gasteiger partial charge >= 0.3 is 6.09 Å². The molecule has 0 radical (unpaired) electrons. The van der Waals surface area contributed by atoms with Crippen LogP contribution in [0.15, 0.2) is 40.2 Å². The average Bonchev–Trinajstić information content (AvgIpc) is 3.15. The number of nitrogens with zero attached hydrogens (tertiary/aromatic N) is 1. The number of benzene rings is 1. The highest BCUT2D eigenvalue weighted by molar-refractivity contribution is 9.11. The van der Waals surface area contributed by atoms with Gasteiger partial charge in [-0.25, -0.2) is 9.36 Å². The van der Waals surface area contributed by atoms with Crippen molar-refractivity contribution in [2.75, 3.05) is 13.7 Å². The van der Waals surface area contributed by atoms with Crippen LogP contribution in [-0.4, -0.2) is 24.3 Å². The Bertz CT molecular complexity index is 899. The van der Waals surface area contributed by atoms with Gasteiger partial charge in [-0.2, -0.15) is 0 Å². The molecule has 1 aliphatic heterocycles. The molecule has 0 amide bonds. The van der Waals surface area contributed by atoms with Gasteiger partial charge < -0.3 is 10.1 Å². The van der Waals surface area contributed by atoms with E-state index in [0.29, 0.717) is 0 Å². The Hall–Kier alpha value is -1.63. The van der Waals surface area contributed by atoms with Crippen molar-refractivity contribution in [3.05, 3.63) is 56.3 Å². The van der Waals surface area contributed by atoms with E-state index in [1.807, 2.05) is 24.3 Å². The highest BCUT2D eigenvalue weighted by atomic mass is 79.9. The van der Waals surface area contributed by atoms with Crippen molar-refractivity contribution in [3.8, 4) is 0 Å². The second-order valence-corrected chi connectivity index (χ2v) is 7.96. The van der Waals surface area contributed by atoms with Crippen molar-refractivity contribution >= 4 is 44.3 Å². The summed E-state index contributed by atoms with van der Waals surface area (Å²) in [5.74, 6) is 0. The van der Waals surface area contributed by atoms with Crippen LogP contribution in [0.4, 0.5) is 4.79 Å². The van der Waals surface area contributed by atoms with Gasteiger partial charge in [-0.1, -0.05) is 18.2 Å². The fraction of sp³-hybridized carbons (Fsp3) is 0.235. The van der Waals surface area contributed by atoms with Crippen LogP contribution in [0, 0.1) is 0 Å². The lowest BCUT2D eigenvalue weighted by molar-refractivity contribution is 0.172. The van der Waals surface area contributed by atoms with E-state index in [2.05, 4.69) is 33.4 Å². The van der Waals surface area contributed by atoms with Gasteiger partial charge in [0, 0.05) is 16.8 Å². The van der Waals surface area contributed by atoms with Gasteiger partial charge in [0.25, 0.3) is 0 Å². The Morgan fingerprint density at radius 2 is 2.17 bits per heavy atom. The molecule has 4 rings (SSSR count). The second-order valence-electron chi connectivity index (χ2n) is 5.47. The first-order valence-corrected chi connectivity index (χ1v) is 9.01. The van der Waals surface area contributed by atoms with Crippen molar-refractivity contribution in [2.45, 2.75) is 12.5 Å². The van der Waals surface area contributed by atoms with Crippen molar-refractivity contribution in [1.82, 2.24) is 9.88 Å². The number of para-hydroxylation sites is 1. The van der Waals surface area contributed by atoms with Gasteiger partial charge in [0.2, 0.25) is 0 Å². The quantitative estimate of drug-likeness (QED) is 0.672. The number of hydrogen-bond donors (Lipinski definition) is 1. The number of hydrogen-bond acceptors (Lipinski definition) is 4. The maximum Gasteiger partial charge on any atom is 0.418 e. The molecule has 3 aromatic rings. The van der Waals surface area contributed by atoms with E-state index in [-0.39, 0.29) is 12.1 Å². The molecule has 1 aliphatic rings. The van der Waals surface area contributed by atoms with Gasteiger partial charge in [-0.15, -0.1) is 11.3 Å². The van der Waals surface area contributed by atoms with Gasteiger partial charge in [0.15, 0.2) is 0 Å². The third kappa shape index (κ3) is 2.33. The lowest BCUT2D eigenvalue weighted by Crippen LogP contribution is -2.32. The molecule has 0 spiro atoms. The Morgan fingerprint density at radius 1 is 1.35 bits per heavy atom. The first-order valence-electron chi connectivity index (χ1n) is 7.40. The molecule has 0 bridgehead atoms. The van der Waals surface area contributed by atoms with Gasteiger partial charge in [-0.05, 0) is 46.1 Å². The minimum absolute atomic E-state index is 0.00144. The van der Waals surface area contributed by atoms with E-state index in [1.165, 1.54) is 17.6 Å². The van der Waals surface area contributed by atoms with Gasteiger partial charge in [-0.3, -0.25) is 0 Å². The predicted octanol–water partition coefficient (Wildman–Crippen LogP) is 4.31. The lowest BCUT2D eigenvalue weighted by Gasteiger charge is -2.25. The number of thiophene rings is 1. The number of aromatic nitrogens is 1. The zero-order valence-electron chi connectivity index (χ0n) is 12.5. The number of rotatable bonds is 1. The molecule has 1 atom stereocenters. The molecule has 3 heterocycles. The maximum atomic E-state index is 12.4. The zero-order valence-corrected chi connectivity index (χ0v) is 14.9. The summed E-state index contributed by atoms with van der Waals surface area (Å²) in [5, 5.41) is 4.68. The summed E-state index contributed by atoms with van der Waals surface area (Å²) in [6.45, 7) is 0.891. The summed E-state index contributed by atoms with van der Waals surface area (Å²) in [6.07, 6.45) is 0.565. The van der Waals surface area contributed by atoms with E-state index in [4.69, 9.17) is 4.74 Å². The first-order chi connectivity index (χ1) is 11.2. The fourth-order valence-electron chi connectivity index (χ4n) is 3.34. The normalized spacial score (nSPS) is 17.2. The molecule has 1 N–H and O–H groups in total. The third-order valence-corrected chi connectivity index (χ3v) is 5.94. The van der Waals surface area contributed by atoms with Crippen LogP contribution in [0.25, 0.3) is 10.9 Å². The van der Waals surface area contributed by atoms with E-state index in [0.717, 1.165) is 33.3 Å². The number of nitrogens with one attached hydrogen (secondary N) is 1. The average molecular weight is 391 g/mol. The first kappa shape index (κ1) is 14.9. The molecule has 1 aromatic carbocycles. The van der Waals surface area contributed by atoms with Crippen molar-refractivity contribution in [2.24, 2.45) is 0 Å². The molecular formula is C17H15BrN2O2S. The Labute approximate surface area is 146 Å². The van der Waals surface area contributed by atoms with E-state index < -0.39 is 0 Å². The molecule has 0 saturated carbocycles. The largest absolute Gasteiger partial charge is 0.452 e. The summed E-state index contributed by atoms with van der Waals surface area (Å²) < 4.78 is 7.85. The number of carbonyl (C=O) groups is 1. The Balaban J connectivity index is 2.01. The number of fused-ring (bicyclic) bond motifs is 3. The molecule has 6 heteroatoms. The molecule has 1 unspecified atom stereocenters. The highest BCUT2D eigenvalue weighted by Gasteiger charge is 2.31. The highest BCUT2D eigenvalue weighted by Crippen LogP contribution is 2.39. The zero-order chi connectivity index (χ0) is 16.0. The monoisotopic (exact) mass is 390 g/mol. The van der Waals surface area contributed by atoms with Crippen LogP contribution in [0.2, 0.25) is 0 Å². The van der Waals surface area contributed by atoms with Crippen LogP contribution < -0.4 is 5.32 Å². The summed E-state index contributed by atoms with van der Waals surface area (Å²) >= 11 is 5.21. The molecule has 0 fully saturated rings. The van der Waals surface area contributed by atoms with Crippen LogP contribution in [-0.2, 0) is 11.2 Å². The fourth-order valence-corrected chi connectivity index (χ4v) is 4.84. The predicted molar refractivity (Wildman–Crippen MR) is 95.3 cm³/mol. The summed E-state index contributed by atoms with van der Waals surface area (Å²) in [7, 11) is 1.43. The molecule has 4 nitrogen and oxygen atoms in total. The molecular weight excluding hydrogens is 376 g/mol. The molecule has 0 saturated heterocycles. The summed E-state index contributed by atoms with van der Waals surface area (Å²) in [4.78, 5) is 13.6. The maximum absolute atomic E-state index is 12.4. The summed E-state index contributed by atoms with van der Waals surface area (Å²) in [5.41, 5.74) is 3.14. The molecule has 118 valence electrons. The van der Waals surface area contributed by atoms with E-state index >= 15 is 0 Å². The topological polar surface area (TPSA) is 43.3 Å². The third-order valence-electron chi connectivity index (χ3n) is 4.25. The standard InChI is InChI=1S/C17H15BrN2O2S/c1-22-17(21)20-12-5-3-2-4-10(12)11-8-9-19-15(16(11)20)13-6-7-14(18)23-13/h2-7,15,19H,8-9H2,1H3. The van der Waals surface area contributed by atoms with Crippen LogP contribution >= 0.6 is 27.3 Å². The van der Waals surface area contributed by atoms with Crippen LogP contribution in [0.3, 0.4) is 0 Å². The molecule has 2 aromatic heterocycles. The van der Waals surface area contributed by atoms with Crippen molar-refractivity contribution in [1.29, 1.82) is 0 Å².